The van der Waals surface area contributed by atoms with E-state index >= 15 is 0 Å². The highest BCUT2D eigenvalue weighted by molar-refractivity contribution is 5.96. The number of nitrogens with zero attached hydrogens (tertiary/aromatic N) is 3. The van der Waals surface area contributed by atoms with Crippen LogP contribution in [0.1, 0.15) is 22.0 Å². The van der Waals surface area contributed by atoms with E-state index < -0.39 is 0 Å². The average Bonchev–Trinajstić information content (AvgIpc) is 3.32. The van der Waals surface area contributed by atoms with Crippen LogP contribution in [0.2, 0.25) is 0 Å². The Balaban J connectivity index is 1.82. The molecule has 4 heteroatoms. The summed E-state index contributed by atoms with van der Waals surface area (Å²) in [5, 5.41) is 4.58. The average molecular weight is 313 g/mol. The van der Waals surface area contributed by atoms with Gasteiger partial charge in [-0.3, -0.25) is 9.78 Å². The fourth-order valence-corrected chi connectivity index (χ4v) is 2.79. The summed E-state index contributed by atoms with van der Waals surface area (Å²) in [4.78, 5) is 16.9. The number of rotatable bonds is 3. The summed E-state index contributed by atoms with van der Waals surface area (Å²) in [7, 11) is 0. The van der Waals surface area contributed by atoms with Crippen LogP contribution in [0.4, 0.5) is 0 Å². The van der Waals surface area contributed by atoms with Crippen LogP contribution >= 0.6 is 0 Å². The Hall–Kier alpha value is -3.27. The minimum atomic E-state index is -0.150. The molecule has 0 unspecified atom stereocenters. The van der Waals surface area contributed by atoms with E-state index in [4.69, 9.17) is 0 Å². The normalized spacial score (nSPS) is 13.5. The van der Waals surface area contributed by atoms with E-state index in [-0.39, 0.29) is 11.8 Å². The van der Waals surface area contributed by atoms with Crippen LogP contribution in [-0.2, 0) is 0 Å². The lowest BCUT2D eigenvalue weighted by molar-refractivity contribution is 0.0941. The summed E-state index contributed by atoms with van der Waals surface area (Å²) in [6, 6.07) is 15.3. The summed E-state index contributed by atoms with van der Waals surface area (Å²) in [5.41, 5.74) is 3.22. The quantitative estimate of drug-likeness (QED) is 0.738. The van der Waals surface area contributed by atoms with Crippen molar-refractivity contribution in [2.24, 2.45) is 0 Å². The predicted molar refractivity (Wildman–Crippen MR) is 92.6 cm³/mol. The fourth-order valence-electron chi connectivity index (χ4n) is 2.79. The number of pyridine rings is 1. The molecular formula is C20H15N3O. The second-order valence-corrected chi connectivity index (χ2v) is 5.57. The van der Waals surface area contributed by atoms with E-state index in [1.54, 1.807) is 24.5 Å². The van der Waals surface area contributed by atoms with Crippen molar-refractivity contribution >= 4 is 5.91 Å². The molecule has 1 aliphatic carbocycles. The van der Waals surface area contributed by atoms with Crippen molar-refractivity contribution in [2.45, 2.75) is 5.92 Å². The first-order valence-corrected chi connectivity index (χ1v) is 7.78. The minimum Gasteiger partial charge on any atom is -0.267 e. The van der Waals surface area contributed by atoms with Crippen molar-refractivity contribution in [1.82, 2.24) is 14.8 Å². The second-order valence-electron chi connectivity index (χ2n) is 5.57. The topological polar surface area (TPSA) is 47.8 Å². The van der Waals surface area contributed by atoms with Crippen LogP contribution < -0.4 is 0 Å². The van der Waals surface area contributed by atoms with Crippen molar-refractivity contribution in [1.29, 1.82) is 0 Å². The van der Waals surface area contributed by atoms with Crippen molar-refractivity contribution < 1.29 is 4.79 Å². The van der Waals surface area contributed by atoms with E-state index in [2.05, 4.69) is 22.2 Å². The number of carbonyl (C=O) groups is 1. The molecule has 1 aliphatic rings. The SMILES string of the molecule is O=C(c1ccncc1)n1nc(-c2ccccc2)cc1C1C=CC=C1. The van der Waals surface area contributed by atoms with Gasteiger partial charge in [0.2, 0.25) is 0 Å². The first-order valence-electron chi connectivity index (χ1n) is 7.78. The summed E-state index contributed by atoms with van der Waals surface area (Å²) in [6.45, 7) is 0. The van der Waals surface area contributed by atoms with Crippen LogP contribution in [0.15, 0.2) is 85.2 Å². The summed E-state index contributed by atoms with van der Waals surface area (Å²) in [6.07, 6.45) is 11.3. The first-order chi connectivity index (χ1) is 11.8. The van der Waals surface area contributed by atoms with Crippen molar-refractivity contribution in [3.63, 3.8) is 0 Å². The van der Waals surface area contributed by atoms with Crippen LogP contribution in [-0.4, -0.2) is 20.7 Å². The summed E-state index contributed by atoms with van der Waals surface area (Å²) < 4.78 is 1.50. The zero-order valence-corrected chi connectivity index (χ0v) is 12.9. The molecule has 0 spiro atoms. The highest BCUT2D eigenvalue weighted by Gasteiger charge is 2.21. The van der Waals surface area contributed by atoms with Gasteiger partial charge in [0, 0.05) is 29.4 Å². The minimum absolute atomic E-state index is 0.0562. The standard InChI is InChI=1S/C20H15N3O/c24-20(17-10-12-21-13-11-17)23-19(16-8-4-5-9-16)14-18(22-23)15-6-2-1-3-7-15/h1-14,16H. The zero-order valence-electron chi connectivity index (χ0n) is 12.9. The molecular weight excluding hydrogens is 298 g/mol. The van der Waals surface area contributed by atoms with Gasteiger partial charge >= 0.3 is 0 Å². The van der Waals surface area contributed by atoms with E-state index in [1.165, 1.54) is 4.68 Å². The van der Waals surface area contributed by atoms with Crippen LogP contribution in [0, 0.1) is 0 Å². The molecule has 0 atom stereocenters. The third-order valence-corrected chi connectivity index (χ3v) is 4.02. The maximum atomic E-state index is 12.9. The highest BCUT2D eigenvalue weighted by atomic mass is 16.2. The van der Waals surface area contributed by atoms with Gasteiger partial charge in [-0.15, -0.1) is 0 Å². The van der Waals surface area contributed by atoms with E-state index in [9.17, 15) is 4.79 Å². The van der Waals surface area contributed by atoms with Gasteiger partial charge in [0.05, 0.1) is 11.4 Å². The Labute approximate surface area is 139 Å². The van der Waals surface area contributed by atoms with Crippen LogP contribution in [0.5, 0.6) is 0 Å². The maximum Gasteiger partial charge on any atom is 0.278 e. The monoisotopic (exact) mass is 313 g/mol. The van der Waals surface area contributed by atoms with E-state index in [0.29, 0.717) is 5.56 Å². The molecule has 1 aromatic carbocycles. The molecule has 0 amide bonds. The Kier molecular flexibility index (Phi) is 3.63. The second kappa shape index (κ2) is 6.08. The molecule has 3 aromatic rings. The Morgan fingerprint density at radius 2 is 1.67 bits per heavy atom. The lowest BCUT2D eigenvalue weighted by Crippen LogP contribution is -2.17. The molecule has 0 aliphatic heterocycles. The number of hydrogen-bond acceptors (Lipinski definition) is 3. The third-order valence-electron chi connectivity index (χ3n) is 4.02. The van der Waals surface area contributed by atoms with Gasteiger partial charge in [0.15, 0.2) is 0 Å². The number of carbonyl (C=O) groups excluding carboxylic acids is 1. The van der Waals surface area contributed by atoms with Gasteiger partial charge in [-0.1, -0.05) is 54.6 Å². The number of hydrogen-bond donors (Lipinski definition) is 0. The third kappa shape index (κ3) is 2.58. The molecule has 0 N–H and O–H groups in total. The zero-order chi connectivity index (χ0) is 16.4. The highest BCUT2D eigenvalue weighted by Crippen LogP contribution is 2.28. The molecule has 0 fully saturated rings. The molecule has 2 aromatic heterocycles. The maximum absolute atomic E-state index is 12.9. The van der Waals surface area contributed by atoms with Crippen molar-refractivity contribution in [3.8, 4) is 11.3 Å². The fraction of sp³-hybridized carbons (Fsp3) is 0.0500. The van der Waals surface area contributed by atoms with Crippen molar-refractivity contribution in [2.75, 3.05) is 0 Å². The number of benzene rings is 1. The van der Waals surface area contributed by atoms with Gasteiger partial charge in [0.1, 0.15) is 0 Å². The molecule has 4 rings (SSSR count). The molecule has 24 heavy (non-hydrogen) atoms. The van der Waals surface area contributed by atoms with Gasteiger partial charge < -0.3 is 0 Å². The number of allylic oxidation sites excluding steroid dienone is 4. The summed E-state index contributed by atoms with van der Waals surface area (Å²) in [5.74, 6) is -0.0935. The molecule has 0 radical (unpaired) electrons. The van der Waals surface area contributed by atoms with E-state index in [1.807, 2.05) is 48.6 Å². The van der Waals surface area contributed by atoms with Gasteiger partial charge in [-0.25, -0.2) is 0 Å². The van der Waals surface area contributed by atoms with E-state index in [0.717, 1.165) is 17.0 Å². The van der Waals surface area contributed by atoms with Crippen molar-refractivity contribution in [3.05, 3.63) is 96.5 Å². The summed E-state index contributed by atoms with van der Waals surface area (Å²) >= 11 is 0. The Morgan fingerprint density at radius 1 is 0.958 bits per heavy atom. The first kappa shape index (κ1) is 14.3. The van der Waals surface area contributed by atoms with Gasteiger partial charge in [-0.05, 0) is 18.2 Å². The number of aromatic nitrogens is 3. The van der Waals surface area contributed by atoms with Gasteiger partial charge in [-0.2, -0.15) is 9.78 Å². The molecule has 0 bridgehead atoms. The molecule has 4 nitrogen and oxygen atoms in total. The lowest BCUT2D eigenvalue weighted by Gasteiger charge is -2.08. The Morgan fingerprint density at radius 3 is 2.38 bits per heavy atom. The van der Waals surface area contributed by atoms with Crippen LogP contribution in [0.3, 0.4) is 0 Å². The largest absolute Gasteiger partial charge is 0.278 e. The van der Waals surface area contributed by atoms with Gasteiger partial charge in [0.25, 0.3) is 5.91 Å². The molecule has 116 valence electrons. The lowest BCUT2D eigenvalue weighted by atomic mass is 10.1. The molecule has 0 saturated heterocycles. The Bertz CT molecular complexity index is 912. The predicted octanol–water partition coefficient (Wildman–Crippen LogP) is 3.84. The molecule has 2 heterocycles. The van der Waals surface area contributed by atoms with Crippen LogP contribution in [0.25, 0.3) is 11.3 Å². The molecule has 0 saturated carbocycles. The smallest absolute Gasteiger partial charge is 0.267 e.